The van der Waals surface area contributed by atoms with Gasteiger partial charge in [0, 0.05) is 13.7 Å². The summed E-state index contributed by atoms with van der Waals surface area (Å²) < 4.78 is 10.4. The summed E-state index contributed by atoms with van der Waals surface area (Å²) in [4.78, 5) is 0. The van der Waals surface area contributed by atoms with Gasteiger partial charge in [-0.05, 0) is 31.4 Å². The van der Waals surface area contributed by atoms with Crippen LogP contribution in [0.3, 0.4) is 0 Å². The molecule has 1 aromatic rings. The van der Waals surface area contributed by atoms with Gasteiger partial charge in [0.1, 0.15) is 5.75 Å². The topological polar surface area (TPSA) is 30.5 Å². The molecule has 16 heavy (non-hydrogen) atoms. The Morgan fingerprint density at radius 2 is 1.94 bits per heavy atom. The third-order valence-electron chi connectivity index (χ3n) is 2.52. The summed E-state index contributed by atoms with van der Waals surface area (Å²) in [6.07, 6.45) is 0.953. The van der Waals surface area contributed by atoms with E-state index in [1.165, 1.54) is 16.7 Å². The maximum Gasteiger partial charge on any atom is 0.125 e. The molecule has 0 heterocycles. The molecule has 0 aliphatic heterocycles. The van der Waals surface area contributed by atoms with Crippen LogP contribution in [0.2, 0.25) is 0 Å². The molecule has 0 saturated carbocycles. The second-order valence-corrected chi connectivity index (χ2v) is 3.96. The minimum absolute atomic E-state index is 0.590. The molecule has 0 unspecified atom stereocenters. The number of rotatable bonds is 6. The molecular weight excluding hydrogens is 202 g/mol. The third kappa shape index (κ3) is 3.51. The Labute approximate surface area is 97.8 Å². The van der Waals surface area contributed by atoms with Gasteiger partial charge in [-0.2, -0.15) is 0 Å². The van der Waals surface area contributed by atoms with Crippen molar-refractivity contribution < 1.29 is 9.47 Å². The van der Waals surface area contributed by atoms with E-state index in [4.69, 9.17) is 9.47 Å². The van der Waals surface area contributed by atoms with Crippen molar-refractivity contribution in [3.8, 4) is 5.75 Å². The Bertz CT molecular complexity index is 337. The first-order valence-electron chi connectivity index (χ1n) is 5.52. The van der Waals surface area contributed by atoms with Crippen molar-refractivity contribution in [2.75, 3.05) is 27.5 Å². The van der Waals surface area contributed by atoms with Gasteiger partial charge in [-0.25, -0.2) is 0 Å². The van der Waals surface area contributed by atoms with E-state index >= 15 is 0 Å². The lowest BCUT2D eigenvalue weighted by Gasteiger charge is -2.13. The smallest absolute Gasteiger partial charge is 0.125 e. The molecule has 0 amide bonds. The molecule has 1 N–H and O–H groups in total. The van der Waals surface area contributed by atoms with Gasteiger partial charge >= 0.3 is 0 Å². The average molecular weight is 223 g/mol. The van der Waals surface area contributed by atoms with Crippen molar-refractivity contribution in [2.24, 2.45) is 0 Å². The number of methoxy groups -OCH3 is 2. The highest BCUT2D eigenvalue weighted by Gasteiger charge is 2.06. The highest BCUT2D eigenvalue weighted by atomic mass is 16.5. The van der Waals surface area contributed by atoms with Crippen LogP contribution in [0, 0.1) is 13.8 Å². The third-order valence-corrected chi connectivity index (χ3v) is 2.52. The molecule has 0 fully saturated rings. The normalized spacial score (nSPS) is 10.5. The molecule has 1 rings (SSSR count). The van der Waals surface area contributed by atoms with E-state index in [0.717, 1.165) is 18.7 Å². The van der Waals surface area contributed by atoms with E-state index in [1.54, 1.807) is 14.2 Å². The molecule has 0 saturated heterocycles. The molecule has 0 radical (unpaired) electrons. The van der Waals surface area contributed by atoms with Crippen LogP contribution in [0.1, 0.15) is 16.7 Å². The fourth-order valence-corrected chi connectivity index (χ4v) is 1.92. The van der Waals surface area contributed by atoms with Crippen LogP contribution in [0.25, 0.3) is 0 Å². The van der Waals surface area contributed by atoms with Gasteiger partial charge in [0.15, 0.2) is 0 Å². The minimum atomic E-state index is 0.590. The first-order chi connectivity index (χ1) is 7.69. The maximum atomic E-state index is 5.43. The van der Waals surface area contributed by atoms with Crippen LogP contribution < -0.4 is 10.1 Å². The average Bonchev–Trinajstić information content (AvgIpc) is 2.24. The van der Waals surface area contributed by atoms with Crippen LogP contribution >= 0.6 is 0 Å². The van der Waals surface area contributed by atoms with Crippen molar-refractivity contribution >= 4 is 0 Å². The van der Waals surface area contributed by atoms with Gasteiger partial charge in [-0.15, -0.1) is 0 Å². The molecule has 0 spiro atoms. The molecule has 3 nitrogen and oxygen atoms in total. The number of hydrogen-bond donors (Lipinski definition) is 1. The van der Waals surface area contributed by atoms with Crippen LogP contribution in [-0.2, 0) is 11.2 Å². The largest absolute Gasteiger partial charge is 0.496 e. The Morgan fingerprint density at radius 3 is 2.56 bits per heavy atom. The molecule has 3 heteroatoms. The van der Waals surface area contributed by atoms with Crippen LogP contribution in [0.15, 0.2) is 12.1 Å². The van der Waals surface area contributed by atoms with Gasteiger partial charge in [0.05, 0.1) is 13.8 Å². The first kappa shape index (κ1) is 13.0. The minimum Gasteiger partial charge on any atom is -0.496 e. The summed E-state index contributed by atoms with van der Waals surface area (Å²) in [7, 11) is 3.41. The molecule has 0 bridgehead atoms. The molecule has 0 aliphatic carbocycles. The molecule has 0 aliphatic rings. The van der Waals surface area contributed by atoms with E-state index in [9.17, 15) is 0 Å². The Balaban J connectivity index is 2.69. The quantitative estimate of drug-likeness (QED) is 0.591. The van der Waals surface area contributed by atoms with Crippen LogP contribution in [0.4, 0.5) is 0 Å². The summed E-state index contributed by atoms with van der Waals surface area (Å²) in [5, 5.41) is 3.20. The highest BCUT2D eigenvalue weighted by Crippen LogP contribution is 2.25. The lowest BCUT2D eigenvalue weighted by Crippen LogP contribution is -2.19. The second kappa shape index (κ2) is 6.51. The highest BCUT2D eigenvalue weighted by molar-refractivity contribution is 5.43. The zero-order valence-corrected chi connectivity index (χ0v) is 10.6. The van der Waals surface area contributed by atoms with Crippen molar-refractivity contribution in [1.82, 2.24) is 5.32 Å². The summed E-state index contributed by atoms with van der Waals surface area (Å²) in [6, 6.07) is 4.32. The molecular formula is C13H21NO2. The fourth-order valence-electron chi connectivity index (χ4n) is 1.92. The van der Waals surface area contributed by atoms with E-state index < -0.39 is 0 Å². The second-order valence-electron chi connectivity index (χ2n) is 3.96. The standard InChI is InChI=1S/C13H21NO2/c1-10-7-11(2)13(16-4)12(8-10)5-6-14-9-15-3/h7-8,14H,5-6,9H2,1-4H3. The van der Waals surface area contributed by atoms with Crippen molar-refractivity contribution in [2.45, 2.75) is 20.3 Å². The van der Waals surface area contributed by atoms with Gasteiger partial charge in [0.25, 0.3) is 0 Å². The Morgan fingerprint density at radius 1 is 1.19 bits per heavy atom. The van der Waals surface area contributed by atoms with Gasteiger partial charge in [0.2, 0.25) is 0 Å². The number of hydrogen-bond acceptors (Lipinski definition) is 3. The fraction of sp³-hybridized carbons (Fsp3) is 0.538. The van der Waals surface area contributed by atoms with E-state index in [2.05, 4.69) is 31.3 Å². The zero-order chi connectivity index (χ0) is 12.0. The molecule has 90 valence electrons. The number of nitrogens with one attached hydrogen (secondary N) is 1. The predicted molar refractivity (Wildman–Crippen MR) is 66.1 cm³/mol. The predicted octanol–water partition coefficient (Wildman–Crippen LogP) is 2.05. The SMILES string of the molecule is COCNCCc1cc(C)cc(C)c1OC. The van der Waals surface area contributed by atoms with Gasteiger partial charge < -0.3 is 9.47 Å². The zero-order valence-electron chi connectivity index (χ0n) is 10.6. The van der Waals surface area contributed by atoms with Gasteiger partial charge in [-0.3, -0.25) is 5.32 Å². The lowest BCUT2D eigenvalue weighted by atomic mass is 10.0. The van der Waals surface area contributed by atoms with Crippen molar-refractivity contribution in [3.63, 3.8) is 0 Å². The number of ether oxygens (including phenoxy) is 2. The van der Waals surface area contributed by atoms with Crippen LogP contribution in [0.5, 0.6) is 5.75 Å². The lowest BCUT2D eigenvalue weighted by molar-refractivity contribution is 0.176. The van der Waals surface area contributed by atoms with Crippen molar-refractivity contribution in [1.29, 1.82) is 0 Å². The Hall–Kier alpha value is -1.06. The summed E-state index contributed by atoms with van der Waals surface area (Å²) in [5.74, 6) is 1.00. The van der Waals surface area contributed by atoms with Crippen molar-refractivity contribution in [3.05, 3.63) is 28.8 Å². The molecule has 0 aromatic heterocycles. The maximum absolute atomic E-state index is 5.43. The van der Waals surface area contributed by atoms with E-state index in [-0.39, 0.29) is 0 Å². The van der Waals surface area contributed by atoms with E-state index in [0.29, 0.717) is 6.73 Å². The molecule has 1 aromatic carbocycles. The first-order valence-corrected chi connectivity index (χ1v) is 5.52. The Kier molecular flexibility index (Phi) is 5.29. The summed E-state index contributed by atoms with van der Waals surface area (Å²) in [5.41, 5.74) is 3.73. The summed E-state index contributed by atoms with van der Waals surface area (Å²) >= 11 is 0. The monoisotopic (exact) mass is 223 g/mol. The van der Waals surface area contributed by atoms with E-state index in [1.807, 2.05) is 0 Å². The summed E-state index contributed by atoms with van der Waals surface area (Å²) in [6.45, 7) is 5.68. The van der Waals surface area contributed by atoms with Gasteiger partial charge in [-0.1, -0.05) is 17.7 Å². The number of aryl methyl sites for hydroxylation is 2. The van der Waals surface area contributed by atoms with Crippen LogP contribution in [-0.4, -0.2) is 27.5 Å². The molecule has 0 atom stereocenters. The number of benzene rings is 1.